The van der Waals surface area contributed by atoms with Crippen LogP contribution in [0, 0.1) is 68.0 Å². The van der Waals surface area contributed by atoms with Crippen LogP contribution in [-0.2, 0) is 0 Å². The lowest BCUT2D eigenvalue weighted by molar-refractivity contribution is -0.0219. The van der Waals surface area contributed by atoms with Gasteiger partial charge in [0.15, 0.2) is 10.8 Å². The van der Waals surface area contributed by atoms with E-state index in [0.717, 1.165) is 0 Å². The fourth-order valence-corrected chi connectivity index (χ4v) is 3.49. The van der Waals surface area contributed by atoms with Crippen molar-refractivity contribution in [1.29, 1.82) is 21.0 Å². The first-order chi connectivity index (χ1) is 12.2. The molecule has 5 nitrogen and oxygen atoms in total. The summed E-state index contributed by atoms with van der Waals surface area (Å²) in [6, 6.07) is 16.7. The largest absolute Gasteiger partial charge is 0.461 e. The third kappa shape index (κ3) is 2.05. The molecule has 118 valence electrons. The van der Waals surface area contributed by atoms with Crippen LogP contribution >= 0.6 is 0 Å². The minimum Gasteiger partial charge on any atom is -0.461 e. The molecule has 0 aromatic heterocycles. The van der Waals surface area contributed by atoms with Crippen LogP contribution < -0.4 is 4.74 Å². The van der Waals surface area contributed by atoms with Crippen molar-refractivity contribution in [2.24, 2.45) is 22.7 Å². The van der Waals surface area contributed by atoms with Gasteiger partial charge in [-0.1, -0.05) is 42.5 Å². The molecule has 0 bridgehead atoms. The molecule has 5 heteroatoms. The average molecular weight is 324 g/mol. The van der Waals surface area contributed by atoms with Crippen LogP contribution in [0.1, 0.15) is 0 Å². The summed E-state index contributed by atoms with van der Waals surface area (Å²) in [5.41, 5.74) is -3.53. The normalized spacial score (nSPS) is 24.4. The van der Waals surface area contributed by atoms with E-state index in [1.54, 1.807) is 42.5 Å². The molecule has 0 spiro atoms. The van der Waals surface area contributed by atoms with E-state index in [-0.39, 0.29) is 0 Å². The number of hydrogen-bond donors (Lipinski definition) is 0. The Bertz CT molecular complexity index is 917. The van der Waals surface area contributed by atoms with Crippen LogP contribution in [0.15, 0.2) is 66.5 Å². The predicted molar refractivity (Wildman–Crippen MR) is 87.7 cm³/mol. The first-order valence-corrected chi connectivity index (χ1v) is 7.62. The average Bonchev–Trinajstić information content (AvgIpc) is 2.63. The van der Waals surface area contributed by atoms with Crippen molar-refractivity contribution in [1.82, 2.24) is 0 Å². The van der Waals surface area contributed by atoms with E-state index in [1.165, 1.54) is 0 Å². The molecule has 1 aromatic rings. The Labute approximate surface area is 145 Å². The number of nitriles is 4. The van der Waals surface area contributed by atoms with Crippen molar-refractivity contribution in [3.63, 3.8) is 0 Å². The highest BCUT2D eigenvalue weighted by atomic mass is 16.5. The lowest BCUT2D eigenvalue weighted by Crippen LogP contribution is -2.63. The van der Waals surface area contributed by atoms with Crippen LogP contribution in [0.3, 0.4) is 0 Å². The van der Waals surface area contributed by atoms with E-state index in [0.29, 0.717) is 11.5 Å². The lowest BCUT2D eigenvalue weighted by Gasteiger charge is -2.54. The zero-order valence-electron chi connectivity index (χ0n) is 13.1. The highest BCUT2D eigenvalue weighted by molar-refractivity contribution is 5.51. The summed E-state index contributed by atoms with van der Waals surface area (Å²) in [7, 11) is 0. The summed E-state index contributed by atoms with van der Waals surface area (Å²) in [6.45, 7) is 0. The Kier molecular flexibility index (Phi) is 3.86. The fourth-order valence-electron chi connectivity index (χ4n) is 3.49. The van der Waals surface area contributed by atoms with Crippen LogP contribution in [0.5, 0.6) is 5.75 Å². The van der Waals surface area contributed by atoms with Gasteiger partial charge in [-0.15, -0.1) is 0 Å². The van der Waals surface area contributed by atoms with Gasteiger partial charge in [-0.3, -0.25) is 0 Å². The quantitative estimate of drug-likeness (QED) is 0.829. The molecule has 25 heavy (non-hydrogen) atoms. The maximum atomic E-state index is 9.72. The van der Waals surface area contributed by atoms with Gasteiger partial charge in [0.25, 0.3) is 0 Å². The second-order valence-corrected chi connectivity index (χ2v) is 5.82. The van der Waals surface area contributed by atoms with E-state index < -0.39 is 22.7 Å². The number of nitrogens with zero attached hydrogens (tertiary/aromatic N) is 4. The van der Waals surface area contributed by atoms with Gasteiger partial charge in [-0.05, 0) is 18.2 Å². The molecule has 0 amide bonds. The summed E-state index contributed by atoms with van der Waals surface area (Å²) < 4.78 is 5.92. The van der Waals surface area contributed by atoms with Crippen LogP contribution in [0.25, 0.3) is 0 Å². The van der Waals surface area contributed by atoms with Crippen LogP contribution in [0.2, 0.25) is 0 Å². The Balaban J connectivity index is 2.14. The number of para-hydroxylation sites is 1. The van der Waals surface area contributed by atoms with E-state index in [1.807, 2.05) is 42.5 Å². The van der Waals surface area contributed by atoms with Crippen molar-refractivity contribution in [2.45, 2.75) is 0 Å². The van der Waals surface area contributed by atoms with Gasteiger partial charge in [0.1, 0.15) is 11.5 Å². The van der Waals surface area contributed by atoms with Crippen molar-refractivity contribution < 1.29 is 4.74 Å². The molecule has 0 heterocycles. The lowest BCUT2D eigenvalue weighted by atomic mass is 9.39. The molecule has 2 atom stereocenters. The highest BCUT2D eigenvalue weighted by Gasteiger charge is 2.76. The maximum absolute atomic E-state index is 9.72. The van der Waals surface area contributed by atoms with E-state index in [4.69, 9.17) is 4.74 Å². The maximum Gasteiger partial charge on any atom is 0.186 e. The second kappa shape index (κ2) is 6.01. The number of ether oxygens (including phenoxy) is 1. The smallest absolute Gasteiger partial charge is 0.186 e. The summed E-state index contributed by atoms with van der Waals surface area (Å²) in [4.78, 5) is 0. The third-order valence-electron chi connectivity index (χ3n) is 4.74. The third-order valence-corrected chi connectivity index (χ3v) is 4.74. The molecule has 2 aliphatic rings. The van der Waals surface area contributed by atoms with Gasteiger partial charge in [0.2, 0.25) is 0 Å². The summed E-state index contributed by atoms with van der Waals surface area (Å²) >= 11 is 0. The number of allylic oxidation sites excluding steroid dienone is 6. The molecule has 0 aliphatic heterocycles. The second-order valence-electron chi connectivity index (χ2n) is 5.82. The molecule has 2 aliphatic carbocycles. The van der Waals surface area contributed by atoms with Crippen LogP contribution in [0.4, 0.5) is 0 Å². The van der Waals surface area contributed by atoms with Gasteiger partial charge in [0.05, 0.1) is 30.2 Å². The summed E-state index contributed by atoms with van der Waals surface area (Å²) in [5.74, 6) is -0.368. The van der Waals surface area contributed by atoms with Gasteiger partial charge in [-0.25, -0.2) is 0 Å². The van der Waals surface area contributed by atoms with Crippen LogP contribution in [-0.4, -0.2) is 0 Å². The Hall–Kier alpha value is -3.80. The monoisotopic (exact) mass is 324 g/mol. The Morgan fingerprint density at radius 3 is 2.04 bits per heavy atom. The minimum atomic E-state index is -1.79. The Morgan fingerprint density at radius 2 is 1.44 bits per heavy atom. The standard InChI is InChI=1S/C20H12N4O/c21-11-19(12-22)16-9-5-2-6-10-17(18(16)20(19,13-23)14-24)25-15-7-3-1-4-8-15/h1-10,16,18H/t16-,18-/m1/s1. The molecular formula is C20H12N4O. The first-order valence-electron chi connectivity index (χ1n) is 7.62. The molecule has 0 unspecified atom stereocenters. The SMILES string of the molecule is N#CC1(C#N)[C@@H]2C=CC=CC=C(Oc3ccccc3)[C@@H]2C1(C#N)C#N. The van der Waals surface area contributed by atoms with Crippen molar-refractivity contribution in [3.8, 4) is 30.0 Å². The van der Waals surface area contributed by atoms with E-state index >= 15 is 0 Å². The molecule has 0 radical (unpaired) electrons. The zero-order chi connectivity index (χ0) is 17.9. The van der Waals surface area contributed by atoms with E-state index in [9.17, 15) is 21.0 Å². The molecule has 1 fully saturated rings. The van der Waals surface area contributed by atoms with Gasteiger partial charge in [0, 0.05) is 5.92 Å². The van der Waals surface area contributed by atoms with Gasteiger partial charge in [-0.2, -0.15) is 21.0 Å². The number of fused-ring (bicyclic) bond motifs is 1. The molecule has 1 aromatic carbocycles. The highest BCUT2D eigenvalue weighted by Crippen LogP contribution is 2.66. The van der Waals surface area contributed by atoms with Crippen molar-refractivity contribution >= 4 is 0 Å². The zero-order valence-corrected chi connectivity index (χ0v) is 13.1. The predicted octanol–water partition coefficient (Wildman–Crippen LogP) is 3.39. The molecule has 0 N–H and O–H groups in total. The molecule has 3 rings (SSSR count). The number of rotatable bonds is 2. The number of benzene rings is 1. The topological polar surface area (TPSA) is 104 Å². The minimum absolute atomic E-state index is 0.390. The summed E-state index contributed by atoms with van der Waals surface area (Å²) in [5, 5.41) is 38.7. The first kappa shape index (κ1) is 16.1. The molecular weight excluding hydrogens is 312 g/mol. The number of hydrogen-bond acceptors (Lipinski definition) is 5. The fraction of sp³-hybridized carbons (Fsp3) is 0.200. The molecule has 0 saturated heterocycles. The summed E-state index contributed by atoms with van der Waals surface area (Å²) in [6.07, 6.45) is 8.58. The Morgan fingerprint density at radius 1 is 0.800 bits per heavy atom. The molecule has 1 saturated carbocycles. The van der Waals surface area contributed by atoms with Crippen molar-refractivity contribution in [3.05, 3.63) is 66.5 Å². The van der Waals surface area contributed by atoms with Gasteiger partial charge >= 0.3 is 0 Å². The van der Waals surface area contributed by atoms with Gasteiger partial charge < -0.3 is 4.74 Å². The van der Waals surface area contributed by atoms with E-state index in [2.05, 4.69) is 0 Å². The van der Waals surface area contributed by atoms with Crippen molar-refractivity contribution in [2.75, 3.05) is 0 Å².